The highest BCUT2D eigenvalue weighted by Gasteiger charge is 2.12. The normalized spacial score (nSPS) is 16.8. The summed E-state index contributed by atoms with van der Waals surface area (Å²) in [5.74, 6) is 1.22. The van der Waals surface area contributed by atoms with Gasteiger partial charge in [-0.1, -0.05) is 26.7 Å². The van der Waals surface area contributed by atoms with Crippen molar-refractivity contribution < 1.29 is 0 Å². The lowest BCUT2D eigenvalue weighted by atomic mass is 9.96. The van der Waals surface area contributed by atoms with Crippen LogP contribution in [0, 0.1) is 5.92 Å². The van der Waals surface area contributed by atoms with Gasteiger partial charge in [0.25, 0.3) is 0 Å². The minimum absolute atomic E-state index is 0.312. The highest BCUT2D eigenvalue weighted by molar-refractivity contribution is 6.18. The predicted molar refractivity (Wildman–Crippen MR) is 47.4 cm³/mol. The first kappa shape index (κ1) is 10.2. The van der Waals surface area contributed by atoms with E-state index in [1.165, 1.54) is 0 Å². The summed E-state index contributed by atoms with van der Waals surface area (Å²) in [7, 11) is 0. The molecule has 0 amide bonds. The van der Waals surface area contributed by atoms with Gasteiger partial charge >= 0.3 is 0 Å². The second-order valence-electron chi connectivity index (χ2n) is 2.78. The summed E-state index contributed by atoms with van der Waals surface area (Å²) in [6, 6.07) is 0.312. The van der Waals surface area contributed by atoms with Crippen molar-refractivity contribution in [1.29, 1.82) is 0 Å². The molecule has 62 valence electrons. The van der Waals surface area contributed by atoms with Crippen LogP contribution in [0.15, 0.2) is 0 Å². The molecule has 0 fully saturated rings. The van der Waals surface area contributed by atoms with Gasteiger partial charge in [-0.25, -0.2) is 0 Å². The molecule has 0 rings (SSSR count). The third kappa shape index (κ3) is 3.43. The van der Waals surface area contributed by atoms with Crippen LogP contribution in [0.1, 0.15) is 33.1 Å². The molecule has 0 saturated heterocycles. The van der Waals surface area contributed by atoms with Crippen molar-refractivity contribution in [3.8, 4) is 0 Å². The Hall–Kier alpha value is 0.250. The first-order valence-corrected chi connectivity index (χ1v) is 4.61. The zero-order valence-electron chi connectivity index (χ0n) is 6.94. The Labute approximate surface area is 68.9 Å². The molecule has 10 heavy (non-hydrogen) atoms. The van der Waals surface area contributed by atoms with Gasteiger partial charge in [-0.2, -0.15) is 0 Å². The van der Waals surface area contributed by atoms with Crippen LogP contribution in [-0.4, -0.2) is 11.9 Å². The summed E-state index contributed by atoms with van der Waals surface area (Å²) in [6.07, 6.45) is 3.37. The van der Waals surface area contributed by atoms with Gasteiger partial charge in [0.15, 0.2) is 0 Å². The van der Waals surface area contributed by atoms with Crippen LogP contribution >= 0.6 is 11.6 Å². The molecule has 2 N–H and O–H groups in total. The monoisotopic (exact) mass is 163 g/mol. The molecule has 2 heteroatoms. The molecule has 0 heterocycles. The third-order valence-electron chi connectivity index (χ3n) is 1.95. The van der Waals surface area contributed by atoms with Gasteiger partial charge in [0.2, 0.25) is 0 Å². The highest BCUT2D eigenvalue weighted by atomic mass is 35.5. The van der Waals surface area contributed by atoms with E-state index in [-0.39, 0.29) is 0 Å². The van der Waals surface area contributed by atoms with Crippen LogP contribution in [-0.2, 0) is 0 Å². The van der Waals surface area contributed by atoms with Crippen molar-refractivity contribution in [2.24, 2.45) is 11.7 Å². The average molecular weight is 164 g/mol. The Kier molecular flexibility index (Phi) is 6.14. The topological polar surface area (TPSA) is 26.0 Å². The summed E-state index contributed by atoms with van der Waals surface area (Å²) in [4.78, 5) is 0. The standard InChI is InChI=1S/C8H18ClN/c1-3-5-8(10)7(4-2)6-9/h7-8H,3-6,10H2,1-2H3/t7-,8+/m0/s1. The fourth-order valence-electron chi connectivity index (χ4n) is 1.10. The van der Waals surface area contributed by atoms with Crippen molar-refractivity contribution in [2.45, 2.75) is 39.2 Å². The third-order valence-corrected chi connectivity index (χ3v) is 2.35. The van der Waals surface area contributed by atoms with Crippen molar-refractivity contribution in [3.05, 3.63) is 0 Å². The van der Waals surface area contributed by atoms with E-state index in [1.807, 2.05) is 0 Å². The lowest BCUT2D eigenvalue weighted by Gasteiger charge is -2.18. The van der Waals surface area contributed by atoms with Gasteiger partial charge in [0, 0.05) is 11.9 Å². The maximum atomic E-state index is 5.87. The van der Waals surface area contributed by atoms with Crippen LogP contribution in [0.3, 0.4) is 0 Å². The fourth-order valence-corrected chi connectivity index (χ4v) is 1.54. The van der Waals surface area contributed by atoms with E-state index in [0.717, 1.165) is 19.3 Å². The molecule has 0 aromatic carbocycles. The average Bonchev–Trinajstić information content (AvgIpc) is 1.91. The fraction of sp³-hybridized carbons (Fsp3) is 1.00. The molecule has 0 aliphatic rings. The van der Waals surface area contributed by atoms with Crippen molar-refractivity contribution in [3.63, 3.8) is 0 Å². The lowest BCUT2D eigenvalue weighted by Crippen LogP contribution is -2.30. The second kappa shape index (κ2) is 5.99. The quantitative estimate of drug-likeness (QED) is 0.619. The van der Waals surface area contributed by atoms with Gasteiger partial charge < -0.3 is 5.73 Å². The minimum atomic E-state index is 0.312. The molecule has 1 nitrogen and oxygen atoms in total. The van der Waals surface area contributed by atoms with E-state index >= 15 is 0 Å². The van der Waals surface area contributed by atoms with Crippen LogP contribution in [0.5, 0.6) is 0 Å². The molecular weight excluding hydrogens is 146 g/mol. The van der Waals surface area contributed by atoms with Crippen molar-refractivity contribution in [2.75, 3.05) is 5.88 Å². The van der Waals surface area contributed by atoms with Crippen LogP contribution in [0.4, 0.5) is 0 Å². The Balaban J connectivity index is 3.53. The van der Waals surface area contributed by atoms with E-state index < -0.39 is 0 Å². The Morgan fingerprint density at radius 3 is 2.30 bits per heavy atom. The van der Waals surface area contributed by atoms with Crippen LogP contribution < -0.4 is 5.73 Å². The molecule has 2 atom stereocenters. The van der Waals surface area contributed by atoms with Crippen LogP contribution in [0.25, 0.3) is 0 Å². The van der Waals surface area contributed by atoms with E-state index in [4.69, 9.17) is 17.3 Å². The Bertz CT molecular complexity index is 71.7. The smallest absolute Gasteiger partial charge is 0.0266 e. The molecule has 0 aliphatic carbocycles. The van der Waals surface area contributed by atoms with E-state index in [2.05, 4.69) is 13.8 Å². The van der Waals surface area contributed by atoms with Gasteiger partial charge in [0.1, 0.15) is 0 Å². The summed E-state index contributed by atoms with van der Waals surface area (Å²) >= 11 is 5.72. The molecule has 0 bridgehead atoms. The molecule has 0 aromatic heterocycles. The van der Waals surface area contributed by atoms with Crippen LogP contribution in [0.2, 0.25) is 0 Å². The maximum Gasteiger partial charge on any atom is 0.0266 e. The number of rotatable bonds is 5. The Morgan fingerprint density at radius 1 is 1.40 bits per heavy atom. The molecule has 0 radical (unpaired) electrons. The van der Waals surface area contributed by atoms with Gasteiger partial charge in [-0.05, 0) is 12.3 Å². The SMILES string of the molecule is CCC[C@@H](N)[C@@H](CC)CCl. The maximum absolute atomic E-state index is 5.87. The van der Waals surface area contributed by atoms with E-state index in [9.17, 15) is 0 Å². The molecule has 0 spiro atoms. The molecular formula is C8H18ClN. The number of halogens is 1. The number of nitrogens with two attached hydrogens (primary N) is 1. The van der Waals surface area contributed by atoms with Gasteiger partial charge in [-0.3, -0.25) is 0 Å². The van der Waals surface area contributed by atoms with Gasteiger partial charge in [0.05, 0.1) is 0 Å². The number of hydrogen-bond acceptors (Lipinski definition) is 1. The summed E-state index contributed by atoms with van der Waals surface area (Å²) in [5, 5.41) is 0. The first-order valence-electron chi connectivity index (χ1n) is 4.07. The number of alkyl halides is 1. The molecule has 0 unspecified atom stereocenters. The van der Waals surface area contributed by atoms with Crippen molar-refractivity contribution >= 4 is 11.6 Å². The largest absolute Gasteiger partial charge is 0.327 e. The summed E-state index contributed by atoms with van der Waals surface area (Å²) < 4.78 is 0. The van der Waals surface area contributed by atoms with E-state index in [0.29, 0.717) is 17.8 Å². The second-order valence-corrected chi connectivity index (χ2v) is 3.08. The Morgan fingerprint density at radius 2 is 2.00 bits per heavy atom. The lowest BCUT2D eigenvalue weighted by molar-refractivity contribution is 0.421. The molecule has 0 aliphatic heterocycles. The van der Waals surface area contributed by atoms with E-state index in [1.54, 1.807) is 0 Å². The highest BCUT2D eigenvalue weighted by Crippen LogP contribution is 2.12. The minimum Gasteiger partial charge on any atom is -0.327 e. The van der Waals surface area contributed by atoms with Crippen molar-refractivity contribution in [1.82, 2.24) is 0 Å². The predicted octanol–water partition coefficient (Wildman–Crippen LogP) is 2.38. The first-order chi connectivity index (χ1) is 4.76. The zero-order valence-corrected chi connectivity index (χ0v) is 7.69. The van der Waals surface area contributed by atoms with Gasteiger partial charge in [-0.15, -0.1) is 11.6 Å². The molecule has 0 aromatic rings. The zero-order chi connectivity index (χ0) is 7.98. The summed E-state index contributed by atoms with van der Waals surface area (Å²) in [6.45, 7) is 4.30. The number of hydrogen-bond donors (Lipinski definition) is 1. The summed E-state index contributed by atoms with van der Waals surface area (Å²) in [5.41, 5.74) is 5.87. The molecule has 0 saturated carbocycles.